The molecular formula is C9H18N2. The molecule has 0 aromatic rings. The van der Waals surface area contributed by atoms with E-state index in [4.69, 9.17) is 5.41 Å². The van der Waals surface area contributed by atoms with Gasteiger partial charge in [-0.15, -0.1) is 0 Å². The molecule has 0 spiro atoms. The zero-order chi connectivity index (χ0) is 8.27. The lowest BCUT2D eigenvalue weighted by atomic mass is 10.2. The fourth-order valence-electron chi connectivity index (χ4n) is 1.76. The second-order valence-corrected chi connectivity index (χ2v) is 3.35. The number of nitrogens with one attached hydrogen (secondary N) is 1. The van der Waals surface area contributed by atoms with Gasteiger partial charge in [0.05, 0.1) is 5.84 Å². The molecule has 0 radical (unpaired) electrons. The normalized spacial score (nSPS) is 18.7. The van der Waals surface area contributed by atoms with Gasteiger partial charge >= 0.3 is 0 Å². The third-order valence-corrected chi connectivity index (χ3v) is 2.63. The molecule has 0 heterocycles. The van der Waals surface area contributed by atoms with Crippen LogP contribution in [-0.4, -0.2) is 23.8 Å². The molecule has 11 heavy (non-hydrogen) atoms. The highest BCUT2D eigenvalue weighted by Gasteiger charge is 2.20. The van der Waals surface area contributed by atoms with Crippen LogP contribution >= 0.6 is 0 Å². The maximum atomic E-state index is 7.63. The van der Waals surface area contributed by atoms with Crippen molar-refractivity contribution in [2.75, 3.05) is 7.05 Å². The molecule has 2 nitrogen and oxygen atoms in total. The summed E-state index contributed by atoms with van der Waals surface area (Å²) >= 11 is 0. The lowest BCUT2D eigenvalue weighted by Gasteiger charge is -2.26. The SMILES string of the molecule is CCC(=N)N(C)C1CCCC1. The van der Waals surface area contributed by atoms with Crippen LogP contribution in [0.1, 0.15) is 39.0 Å². The van der Waals surface area contributed by atoms with Crippen LogP contribution in [0.5, 0.6) is 0 Å². The van der Waals surface area contributed by atoms with Gasteiger partial charge in [0, 0.05) is 19.5 Å². The third kappa shape index (κ3) is 1.95. The Morgan fingerprint density at radius 1 is 1.45 bits per heavy atom. The van der Waals surface area contributed by atoms with E-state index in [-0.39, 0.29) is 0 Å². The van der Waals surface area contributed by atoms with E-state index in [2.05, 4.69) is 11.9 Å². The second kappa shape index (κ2) is 3.74. The Morgan fingerprint density at radius 3 is 2.45 bits per heavy atom. The zero-order valence-corrected chi connectivity index (χ0v) is 7.56. The van der Waals surface area contributed by atoms with Crippen molar-refractivity contribution in [3.63, 3.8) is 0 Å². The van der Waals surface area contributed by atoms with E-state index in [1.54, 1.807) is 0 Å². The van der Waals surface area contributed by atoms with Crippen molar-refractivity contribution in [2.45, 2.75) is 45.1 Å². The van der Waals surface area contributed by atoms with Crippen LogP contribution in [0, 0.1) is 5.41 Å². The first-order valence-electron chi connectivity index (χ1n) is 4.56. The molecule has 64 valence electrons. The summed E-state index contributed by atoms with van der Waals surface area (Å²) in [5.74, 6) is 0.789. The Labute approximate surface area is 69.1 Å². The van der Waals surface area contributed by atoms with Gasteiger partial charge in [-0.1, -0.05) is 19.8 Å². The molecule has 0 aromatic carbocycles. The van der Waals surface area contributed by atoms with E-state index < -0.39 is 0 Å². The van der Waals surface area contributed by atoms with Gasteiger partial charge in [-0.05, 0) is 12.8 Å². The molecule has 0 aromatic heterocycles. The van der Waals surface area contributed by atoms with Gasteiger partial charge in [-0.2, -0.15) is 0 Å². The summed E-state index contributed by atoms with van der Waals surface area (Å²) in [6, 6.07) is 0.669. The van der Waals surface area contributed by atoms with Crippen LogP contribution in [0.3, 0.4) is 0 Å². The van der Waals surface area contributed by atoms with Gasteiger partial charge in [0.2, 0.25) is 0 Å². The van der Waals surface area contributed by atoms with E-state index in [0.29, 0.717) is 6.04 Å². The van der Waals surface area contributed by atoms with Crippen LogP contribution in [0.4, 0.5) is 0 Å². The predicted molar refractivity (Wildman–Crippen MR) is 48.0 cm³/mol. The minimum atomic E-state index is 0.669. The van der Waals surface area contributed by atoms with Crippen molar-refractivity contribution in [1.82, 2.24) is 4.90 Å². The molecule has 0 bridgehead atoms. The van der Waals surface area contributed by atoms with Gasteiger partial charge in [0.1, 0.15) is 0 Å². The van der Waals surface area contributed by atoms with Crippen molar-refractivity contribution >= 4 is 5.84 Å². The summed E-state index contributed by atoms with van der Waals surface area (Å²) in [7, 11) is 2.06. The topological polar surface area (TPSA) is 27.1 Å². The first-order chi connectivity index (χ1) is 5.25. The second-order valence-electron chi connectivity index (χ2n) is 3.35. The molecule has 1 aliphatic rings. The van der Waals surface area contributed by atoms with E-state index in [9.17, 15) is 0 Å². The standard InChI is InChI=1S/C9H18N2/c1-3-9(10)11(2)8-6-4-5-7-8/h8,10H,3-7H2,1-2H3. The molecule has 1 rings (SSSR count). The molecule has 0 unspecified atom stereocenters. The Kier molecular flexibility index (Phi) is 2.92. The van der Waals surface area contributed by atoms with Gasteiger partial charge in [0.15, 0.2) is 0 Å². The highest BCUT2D eigenvalue weighted by atomic mass is 15.2. The van der Waals surface area contributed by atoms with Crippen molar-refractivity contribution < 1.29 is 0 Å². The van der Waals surface area contributed by atoms with Crippen LogP contribution in [0.25, 0.3) is 0 Å². The molecule has 0 atom stereocenters. The van der Waals surface area contributed by atoms with Crippen molar-refractivity contribution in [1.29, 1.82) is 5.41 Å². The maximum Gasteiger partial charge on any atom is 0.0954 e. The monoisotopic (exact) mass is 154 g/mol. The smallest absolute Gasteiger partial charge is 0.0954 e. The minimum Gasteiger partial charge on any atom is -0.361 e. The lowest BCUT2D eigenvalue weighted by molar-refractivity contribution is 0.364. The fraction of sp³-hybridized carbons (Fsp3) is 0.889. The Bertz CT molecular complexity index is 136. The number of hydrogen-bond donors (Lipinski definition) is 1. The number of nitrogens with zero attached hydrogens (tertiary/aromatic N) is 1. The summed E-state index contributed by atoms with van der Waals surface area (Å²) in [5.41, 5.74) is 0. The predicted octanol–water partition coefficient (Wildman–Crippen LogP) is 2.25. The van der Waals surface area contributed by atoms with E-state index >= 15 is 0 Å². The molecule has 1 saturated carbocycles. The van der Waals surface area contributed by atoms with Crippen molar-refractivity contribution in [3.05, 3.63) is 0 Å². The van der Waals surface area contributed by atoms with E-state index in [0.717, 1.165) is 12.3 Å². The Morgan fingerprint density at radius 2 is 2.00 bits per heavy atom. The summed E-state index contributed by atoms with van der Waals surface area (Å²) in [6.07, 6.45) is 6.16. The Hall–Kier alpha value is -0.530. The Balaban J connectivity index is 2.39. The highest BCUT2D eigenvalue weighted by Crippen LogP contribution is 2.22. The van der Waals surface area contributed by atoms with Crippen LogP contribution < -0.4 is 0 Å². The number of hydrogen-bond acceptors (Lipinski definition) is 1. The summed E-state index contributed by atoms with van der Waals surface area (Å²) in [5, 5.41) is 7.63. The molecule has 0 aliphatic heterocycles. The average molecular weight is 154 g/mol. The van der Waals surface area contributed by atoms with Crippen molar-refractivity contribution in [3.8, 4) is 0 Å². The van der Waals surface area contributed by atoms with Crippen molar-refractivity contribution in [2.24, 2.45) is 0 Å². The summed E-state index contributed by atoms with van der Waals surface area (Å²) < 4.78 is 0. The lowest BCUT2D eigenvalue weighted by Crippen LogP contribution is -2.34. The quantitative estimate of drug-likeness (QED) is 0.479. The van der Waals surface area contributed by atoms with Gasteiger partial charge in [-0.25, -0.2) is 0 Å². The molecule has 2 heteroatoms. The van der Waals surface area contributed by atoms with Crippen LogP contribution in [0.2, 0.25) is 0 Å². The zero-order valence-electron chi connectivity index (χ0n) is 7.56. The number of rotatable bonds is 2. The third-order valence-electron chi connectivity index (χ3n) is 2.63. The summed E-state index contributed by atoms with van der Waals surface area (Å²) in [6.45, 7) is 2.05. The molecule has 1 N–H and O–H groups in total. The van der Waals surface area contributed by atoms with Gasteiger partial charge < -0.3 is 4.90 Å². The first-order valence-corrected chi connectivity index (χ1v) is 4.56. The molecular weight excluding hydrogens is 136 g/mol. The highest BCUT2D eigenvalue weighted by molar-refractivity contribution is 5.78. The van der Waals surface area contributed by atoms with E-state index in [1.165, 1.54) is 25.7 Å². The van der Waals surface area contributed by atoms with Crippen LogP contribution in [-0.2, 0) is 0 Å². The fourth-order valence-corrected chi connectivity index (χ4v) is 1.76. The molecule has 0 amide bonds. The first kappa shape index (κ1) is 8.57. The number of amidine groups is 1. The van der Waals surface area contributed by atoms with Gasteiger partial charge in [0.25, 0.3) is 0 Å². The largest absolute Gasteiger partial charge is 0.361 e. The molecule has 1 aliphatic carbocycles. The maximum absolute atomic E-state index is 7.63. The van der Waals surface area contributed by atoms with E-state index in [1.807, 2.05) is 6.92 Å². The minimum absolute atomic E-state index is 0.669. The molecule has 1 fully saturated rings. The van der Waals surface area contributed by atoms with Gasteiger partial charge in [-0.3, -0.25) is 5.41 Å². The molecule has 0 saturated heterocycles. The average Bonchev–Trinajstić information content (AvgIpc) is 2.53. The van der Waals surface area contributed by atoms with Crippen LogP contribution in [0.15, 0.2) is 0 Å². The summed E-state index contributed by atoms with van der Waals surface area (Å²) in [4.78, 5) is 2.15.